The van der Waals surface area contributed by atoms with E-state index in [1.807, 2.05) is 18.7 Å². The molecule has 1 aromatic carbocycles. The molecule has 1 aromatic rings. The molecule has 0 aliphatic rings. The first-order valence-corrected chi connectivity index (χ1v) is 6.18. The molecule has 0 heterocycles. The van der Waals surface area contributed by atoms with Gasteiger partial charge < -0.3 is 5.11 Å². The average Bonchev–Trinajstić information content (AvgIpc) is 2.23. The van der Waals surface area contributed by atoms with E-state index in [0.717, 1.165) is 0 Å². The second kappa shape index (κ2) is 6.24. The molecule has 1 atom stereocenters. The lowest BCUT2D eigenvalue weighted by Gasteiger charge is -2.26. The van der Waals surface area contributed by atoms with Crippen molar-refractivity contribution in [3.05, 3.63) is 33.8 Å². The van der Waals surface area contributed by atoms with Crippen LogP contribution in [0.2, 0.25) is 10.0 Å². The molecule has 0 bridgehead atoms. The van der Waals surface area contributed by atoms with Crippen molar-refractivity contribution in [2.45, 2.75) is 19.9 Å². The fourth-order valence-corrected chi connectivity index (χ4v) is 2.37. The first-order chi connectivity index (χ1) is 7.99. The van der Waals surface area contributed by atoms with Crippen LogP contribution >= 0.6 is 23.2 Å². The number of likely N-dealkylation sites (N-methyl/N-ethyl adjacent to an activating group) is 1. The van der Waals surface area contributed by atoms with Gasteiger partial charge in [0.05, 0.1) is 0 Å². The summed E-state index contributed by atoms with van der Waals surface area (Å²) < 4.78 is 0. The average molecular weight is 276 g/mol. The van der Waals surface area contributed by atoms with Crippen LogP contribution in [0.25, 0.3) is 0 Å². The van der Waals surface area contributed by atoms with Crippen LogP contribution in [-0.2, 0) is 4.79 Å². The summed E-state index contributed by atoms with van der Waals surface area (Å²) >= 11 is 11.8. The Labute approximate surface area is 111 Å². The van der Waals surface area contributed by atoms with Crippen LogP contribution in [0.15, 0.2) is 18.2 Å². The highest BCUT2D eigenvalue weighted by Crippen LogP contribution is 2.27. The highest BCUT2D eigenvalue weighted by molar-refractivity contribution is 6.34. The molecule has 0 aliphatic heterocycles. The van der Waals surface area contributed by atoms with E-state index in [9.17, 15) is 9.90 Å². The van der Waals surface area contributed by atoms with Crippen LogP contribution in [0.5, 0.6) is 0 Å². The van der Waals surface area contributed by atoms with Crippen molar-refractivity contribution in [1.82, 2.24) is 4.90 Å². The van der Waals surface area contributed by atoms with Crippen molar-refractivity contribution >= 4 is 29.2 Å². The lowest BCUT2D eigenvalue weighted by Crippen LogP contribution is -2.33. The first kappa shape index (κ1) is 14.3. The van der Waals surface area contributed by atoms with Crippen LogP contribution in [-0.4, -0.2) is 29.1 Å². The summed E-state index contributed by atoms with van der Waals surface area (Å²) in [6, 6.07) is 4.17. The number of nitrogens with zero attached hydrogens (tertiary/aromatic N) is 1. The van der Waals surface area contributed by atoms with E-state index in [4.69, 9.17) is 23.2 Å². The van der Waals surface area contributed by atoms with Crippen LogP contribution in [0, 0.1) is 0 Å². The van der Waals surface area contributed by atoms with Gasteiger partial charge in [0.2, 0.25) is 0 Å². The van der Waals surface area contributed by atoms with Crippen molar-refractivity contribution in [3.63, 3.8) is 0 Å². The van der Waals surface area contributed by atoms with Crippen LogP contribution < -0.4 is 0 Å². The molecule has 0 radical (unpaired) electrons. The smallest absolute Gasteiger partial charge is 0.325 e. The molecular weight excluding hydrogens is 261 g/mol. The molecule has 1 rings (SSSR count). The van der Waals surface area contributed by atoms with Gasteiger partial charge in [-0.05, 0) is 36.9 Å². The molecule has 0 aliphatic carbocycles. The van der Waals surface area contributed by atoms with Crippen molar-refractivity contribution in [2.75, 3.05) is 13.1 Å². The Morgan fingerprint density at radius 1 is 1.24 bits per heavy atom. The zero-order valence-electron chi connectivity index (χ0n) is 9.78. The van der Waals surface area contributed by atoms with E-state index >= 15 is 0 Å². The number of carbonyl (C=O) groups is 1. The maximum Gasteiger partial charge on any atom is 0.325 e. The minimum Gasteiger partial charge on any atom is -0.480 e. The quantitative estimate of drug-likeness (QED) is 0.895. The number of halogens is 2. The van der Waals surface area contributed by atoms with Crippen molar-refractivity contribution in [3.8, 4) is 0 Å². The fourth-order valence-electron chi connectivity index (χ4n) is 1.83. The van der Waals surface area contributed by atoms with Gasteiger partial charge in [-0.1, -0.05) is 37.0 Å². The standard InChI is InChI=1S/C12H15Cl2NO2/c1-3-15(4-2)11(12(16)17)8-5-9(13)7-10(14)6-8/h5-7,11H,3-4H2,1-2H3,(H,16,17)/t11-/m0/s1. The molecule has 0 unspecified atom stereocenters. The Bertz CT molecular complexity index is 385. The lowest BCUT2D eigenvalue weighted by molar-refractivity contribution is -0.143. The highest BCUT2D eigenvalue weighted by Gasteiger charge is 2.25. The molecule has 0 saturated heterocycles. The summed E-state index contributed by atoms with van der Waals surface area (Å²) in [5, 5.41) is 10.2. The normalized spacial score (nSPS) is 12.8. The molecule has 0 spiro atoms. The molecule has 0 fully saturated rings. The number of hydrogen-bond acceptors (Lipinski definition) is 2. The Kier molecular flexibility index (Phi) is 5.25. The van der Waals surface area contributed by atoms with Gasteiger partial charge in [-0.2, -0.15) is 0 Å². The van der Waals surface area contributed by atoms with Crippen molar-refractivity contribution in [1.29, 1.82) is 0 Å². The zero-order chi connectivity index (χ0) is 13.0. The number of benzene rings is 1. The fraction of sp³-hybridized carbons (Fsp3) is 0.417. The summed E-state index contributed by atoms with van der Waals surface area (Å²) in [5.41, 5.74) is 0.610. The molecular formula is C12H15Cl2NO2. The van der Waals surface area contributed by atoms with E-state index in [-0.39, 0.29) is 0 Å². The molecule has 0 amide bonds. The maximum atomic E-state index is 11.4. The van der Waals surface area contributed by atoms with Crippen LogP contribution in [0.4, 0.5) is 0 Å². The molecule has 5 heteroatoms. The zero-order valence-corrected chi connectivity index (χ0v) is 11.3. The molecule has 3 nitrogen and oxygen atoms in total. The van der Waals surface area contributed by atoms with Crippen LogP contribution in [0.3, 0.4) is 0 Å². The van der Waals surface area contributed by atoms with E-state index < -0.39 is 12.0 Å². The second-order valence-electron chi connectivity index (χ2n) is 3.66. The Balaban J connectivity index is 3.17. The lowest BCUT2D eigenvalue weighted by atomic mass is 10.1. The molecule has 0 saturated carbocycles. The van der Waals surface area contributed by atoms with Gasteiger partial charge in [0.15, 0.2) is 0 Å². The molecule has 0 aromatic heterocycles. The summed E-state index contributed by atoms with van der Waals surface area (Å²) in [5.74, 6) is -0.896. The largest absolute Gasteiger partial charge is 0.480 e. The van der Waals surface area contributed by atoms with E-state index in [0.29, 0.717) is 28.7 Å². The minimum atomic E-state index is -0.896. The van der Waals surface area contributed by atoms with Gasteiger partial charge in [-0.25, -0.2) is 0 Å². The van der Waals surface area contributed by atoms with Crippen molar-refractivity contribution in [2.24, 2.45) is 0 Å². The van der Waals surface area contributed by atoms with Gasteiger partial charge >= 0.3 is 5.97 Å². The summed E-state index contributed by atoms with van der Waals surface area (Å²) in [4.78, 5) is 13.2. The summed E-state index contributed by atoms with van der Waals surface area (Å²) in [7, 11) is 0. The van der Waals surface area contributed by atoms with Gasteiger partial charge in [0.1, 0.15) is 6.04 Å². The molecule has 94 valence electrons. The van der Waals surface area contributed by atoms with Crippen molar-refractivity contribution < 1.29 is 9.90 Å². The highest BCUT2D eigenvalue weighted by atomic mass is 35.5. The Hall–Kier alpha value is -0.770. The predicted molar refractivity (Wildman–Crippen MR) is 69.8 cm³/mol. The van der Waals surface area contributed by atoms with Gasteiger partial charge in [-0.15, -0.1) is 0 Å². The number of carboxylic acid groups (broad SMARTS) is 1. The Morgan fingerprint density at radius 2 is 1.71 bits per heavy atom. The van der Waals surface area contributed by atoms with E-state index in [2.05, 4.69) is 0 Å². The summed E-state index contributed by atoms with van der Waals surface area (Å²) in [6.07, 6.45) is 0. The van der Waals surface area contributed by atoms with Crippen LogP contribution in [0.1, 0.15) is 25.5 Å². The molecule has 1 N–H and O–H groups in total. The number of carboxylic acids is 1. The first-order valence-electron chi connectivity index (χ1n) is 5.42. The monoisotopic (exact) mass is 275 g/mol. The number of aliphatic carboxylic acids is 1. The second-order valence-corrected chi connectivity index (χ2v) is 4.54. The van der Waals surface area contributed by atoms with E-state index in [1.165, 1.54) is 0 Å². The summed E-state index contributed by atoms with van der Waals surface area (Å²) in [6.45, 7) is 5.15. The maximum absolute atomic E-state index is 11.4. The third kappa shape index (κ3) is 3.60. The minimum absolute atomic E-state index is 0.450. The van der Waals surface area contributed by atoms with Gasteiger partial charge in [0.25, 0.3) is 0 Å². The number of rotatable bonds is 5. The van der Waals surface area contributed by atoms with Gasteiger partial charge in [-0.3, -0.25) is 9.69 Å². The SMILES string of the molecule is CCN(CC)[C@H](C(=O)O)c1cc(Cl)cc(Cl)c1. The van der Waals surface area contributed by atoms with E-state index in [1.54, 1.807) is 18.2 Å². The van der Waals surface area contributed by atoms with Gasteiger partial charge in [0, 0.05) is 10.0 Å². The Morgan fingerprint density at radius 3 is 2.06 bits per heavy atom. The predicted octanol–water partition coefficient (Wildman–Crippen LogP) is 3.46. The third-order valence-corrected chi connectivity index (χ3v) is 3.05. The number of hydrogen-bond donors (Lipinski definition) is 1. The topological polar surface area (TPSA) is 40.5 Å². The third-order valence-electron chi connectivity index (χ3n) is 2.61. The molecule has 17 heavy (non-hydrogen) atoms.